The summed E-state index contributed by atoms with van der Waals surface area (Å²) in [6.07, 6.45) is 6.73. The third-order valence-corrected chi connectivity index (χ3v) is 3.42. The van der Waals surface area contributed by atoms with Crippen LogP contribution in [0.25, 0.3) is 0 Å². The van der Waals surface area contributed by atoms with Gasteiger partial charge in [0.15, 0.2) is 0 Å². The van der Waals surface area contributed by atoms with Gasteiger partial charge in [-0.2, -0.15) is 0 Å². The largest absolute Gasteiger partial charge is 0.463 e. The van der Waals surface area contributed by atoms with E-state index < -0.39 is 0 Å². The summed E-state index contributed by atoms with van der Waals surface area (Å²) in [6.45, 7) is 7.95. The van der Waals surface area contributed by atoms with E-state index in [-0.39, 0.29) is 0 Å². The summed E-state index contributed by atoms with van der Waals surface area (Å²) < 4.78 is 5.73. The van der Waals surface area contributed by atoms with E-state index in [1.807, 2.05) is 20.2 Å². The van der Waals surface area contributed by atoms with E-state index in [0.29, 0.717) is 11.9 Å². The molecule has 0 saturated heterocycles. The Hall–Kier alpha value is -1.16. The lowest BCUT2D eigenvalue weighted by molar-refractivity contribution is 0.217. The Kier molecular flexibility index (Phi) is 7.41. The molecule has 1 atom stereocenters. The highest BCUT2D eigenvalue weighted by atomic mass is 16.5. The van der Waals surface area contributed by atoms with E-state index in [1.54, 1.807) is 0 Å². The summed E-state index contributed by atoms with van der Waals surface area (Å²) in [5.74, 6) is 0.612. The second-order valence-corrected chi connectivity index (χ2v) is 5.02. The van der Waals surface area contributed by atoms with E-state index in [1.165, 1.54) is 19.3 Å². The summed E-state index contributed by atoms with van der Waals surface area (Å²) in [5.41, 5.74) is 2.11. The quantitative estimate of drug-likeness (QED) is 0.745. The second kappa shape index (κ2) is 8.86. The van der Waals surface area contributed by atoms with E-state index in [4.69, 9.17) is 4.74 Å². The zero-order valence-corrected chi connectivity index (χ0v) is 12.7. The number of nitrogens with zero attached hydrogens (tertiary/aromatic N) is 2. The molecule has 108 valence electrons. The minimum Gasteiger partial charge on any atom is -0.463 e. The van der Waals surface area contributed by atoms with Crippen LogP contribution in [0.15, 0.2) is 6.20 Å². The molecule has 0 radical (unpaired) electrons. The molecule has 1 N–H and O–H groups in total. The van der Waals surface area contributed by atoms with Crippen molar-refractivity contribution in [1.29, 1.82) is 0 Å². The Morgan fingerprint density at radius 1 is 1.37 bits per heavy atom. The van der Waals surface area contributed by atoms with Gasteiger partial charge in [0.2, 0.25) is 0 Å². The lowest BCUT2D eigenvalue weighted by Gasteiger charge is -2.15. The number of hydrogen-bond donors (Lipinski definition) is 1. The molecular weight excluding hydrogens is 238 g/mol. The monoisotopic (exact) mass is 265 g/mol. The number of aryl methyl sites for hydroxylation is 1. The first kappa shape index (κ1) is 15.9. The van der Waals surface area contributed by atoms with Crippen LogP contribution in [0.1, 0.15) is 50.8 Å². The maximum Gasteiger partial charge on any atom is 0.316 e. The van der Waals surface area contributed by atoms with Gasteiger partial charge in [-0.1, -0.05) is 33.1 Å². The lowest BCUT2D eigenvalue weighted by Crippen LogP contribution is -2.14. The van der Waals surface area contributed by atoms with Crippen LogP contribution >= 0.6 is 0 Å². The molecule has 4 nitrogen and oxygen atoms in total. The fourth-order valence-electron chi connectivity index (χ4n) is 1.99. The molecule has 1 rings (SSSR count). The third kappa shape index (κ3) is 5.55. The summed E-state index contributed by atoms with van der Waals surface area (Å²) in [4.78, 5) is 8.68. The van der Waals surface area contributed by atoms with Crippen molar-refractivity contribution in [1.82, 2.24) is 15.3 Å². The molecule has 0 aliphatic heterocycles. The first-order valence-corrected chi connectivity index (χ1v) is 7.31. The fraction of sp³-hybridized carbons (Fsp3) is 0.733. The van der Waals surface area contributed by atoms with Gasteiger partial charge in [0.1, 0.15) is 0 Å². The molecule has 1 aromatic rings. The van der Waals surface area contributed by atoms with Gasteiger partial charge in [-0.05, 0) is 26.3 Å². The first-order valence-electron chi connectivity index (χ1n) is 7.31. The molecule has 0 aromatic carbocycles. The van der Waals surface area contributed by atoms with Crippen LogP contribution in [0.4, 0.5) is 0 Å². The Bertz CT molecular complexity index is 368. The van der Waals surface area contributed by atoms with Crippen LogP contribution in [0.2, 0.25) is 0 Å². The highest BCUT2D eigenvalue weighted by Gasteiger charge is 2.09. The predicted octanol–water partition coefficient (Wildman–Crippen LogP) is 3.10. The van der Waals surface area contributed by atoms with Crippen LogP contribution in [0, 0.1) is 12.8 Å². The van der Waals surface area contributed by atoms with Crippen LogP contribution in [0.5, 0.6) is 6.01 Å². The third-order valence-electron chi connectivity index (χ3n) is 3.42. The van der Waals surface area contributed by atoms with Crippen molar-refractivity contribution in [3.05, 3.63) is 17.5 Å². The maximum atomic E-state index is 5.73. The highest BCUT2D eigenvalue weighted by molar-refractivity contribution is 5.17. The van der Waals surface area contributed by atoms with Gasteiger partial charge in [0, 0.05) is 24.0 Å². The second-order valence-electron chi connectivity index (χ2n) is 5.02. The van der Waals surface area contributed by atoms with Crippen molar-refractivity contribution in [3.63, 3.8) is 0 Å². The number of rotatable bonds is 9. The zero-order chi connectivity index (χ0) is 14.1. The van der Waals surface area contributed by atoms with Crippen LogP contribution in [0.3, 0.4) is 0 Å². The molecule has 1 unspecified atom stereocenters. The molecule has 1 aromatic heterocycles. The summed E-state index contributed by atoms with van der Waals surface area (Å²) in [7, 11) is 1.92. The van der Waals surface area contributed by atoms with Crippen LogP contribution in [-0.2, 0) is 6.54 Å². The Morgan fingerprint density at radius 2 is 2.16 bits per heavy atom. The van der Waals surface area contributed by atoms with Gasteiger partial charge in [-0.15, -0.1) is 0 Å². The van der Waals surface area contributed by atoms with Gasteiger partial charge in [0.05, 0.1) is 6.61 Å². The van der Waals surface area contributed by atoms with E-state index in [0.717, 1.165) is 30.8 Å². The molecule has 19 heavy (non-hydrogen) atoms. The topological polar surface area (TPSA) is 47.0 Å². The summed E-state index contributed by atoms with van der Waals surface area (Å²) in [5, 5.41) is 3.11. The Balaban J connectivity index is 2.50. The standard InChI is InChI=1S/C15H27N3O/c1-5-7-8-13(6-2)11-19-15-17-10-14(9-16-4)12(3)18-15/h10,13,16H,5-9,11H2,1-4H3. The molecule has 0 aliphatic carbocycles. The molecule has 0 amide bonds. The SMILES string of the molecule is CCCCC(CC)COc1ncc(CNC)c(C)n1. The van der Waals surface area contributed by atoms with Gasteiger partial charge in [0.25, 0.3) is 0 Å². The van der Waals surface area contributed by atoms with E-state index >= 15 is 0 Å². The molecular formula is C15H27N3O. The molecule has 0 bridgehead atoms. The van der Waals surface area contributed by atoms with Gasteiger partial charge in [-0.25, -0.2) is 9.97 Å². The van der Waals surface area contributed by atoms with Gasteiger partial charge >= 0.3 is 6.01 Å². The van der Waals surface area contributed by atoms with Gasteiger partial charge < -0.3 is 10.1 Å². The lowest BCUT2D eigenvalue weighted by atomic mass is 10.0. The van der Waals surface area contributed by atoms with Crippen molar-refractivity contribution in [2.24, 2.45) is 5.92 Å². The van der Waals surface area contributed by atoms with Crippen molar-refractivity contribution >= 4 is 0 Å². The van der Waals surface area contributed by atoms with Crippen molar-refractivity contribution in [2.45, 2.75) is 53.0 Å². The molecule has 0 spiro atoms. The van der Waals surface area contributed by atoms with Gasteiger partial charge in [-0.3, -0.25) is 0 Å². The Morgan fingerprint density at radius 3 is 2.74 bits per heavy atom. The predicted molar refractivity (Wildman–Crippen MR) is 78.3 cm³/mol. The summed E-state index contributed by atoms with van der Waals surface area (Å²) >= 11 is 0. The van der Waals surface area contributed by atoms with Crippen LogP contribution in [-0.4, -0.2) is 23.6 Å². The number of aromatic nitrogens is 2. The number of unbranched alkanes of at least 4 members (excludes halogenated alkanes) is 1. The van der Waals surface area contributed by atoms with Crippen molar-refractivity contribution < 1.29 is 4.74 Å². The highest BCUT2D eigenvalue weighted by Crippen LogP contribution is 2.15. The Labute approximate surface area is 117 Å². The van der Waals surface area contributed by atoms with Crippen molar-refractivity contribution in [3.8, 4) is 6.01 Å². The fourth-order valence-corrected chi connectivity index (χ4v) is 1.99. The molecule has 0 aliphatic rings. The molecule has 0 saturated carbocycles. The van der Waals surface area contributed by atoms with E-state index in [9.17, 15) is 0 Å². The number of ether oxygens (including phenoxy) is 1. The maximum absolute atomic E-state index is 5.73. The minimum absolute atomic E-state index is 0.507. The first-order chi connectivity index (χ1) is 9.21. The molecule has 0 fully saturated rings. The van der Waals surface area contributed by atoms with Crippen molar-refractivity contribution in [2.75, 3.05) is 13.7 Å². The zero-order valence-electron chi connectivity index (χ0n) is 12.7. The number of nitrogens with one attached hydrogen (secondary N) is 1. The summed E-state index contributed by atoms with van der Waals surface area (Å²) in [6, 6.07) is 0.507. The minimum atomic E-state index is 0.507. The van der Waals surface area contributed by atoms with Crippen LogP contribution < -0.4 is 10.1 Å². The molecule has 1 heterocycles. The van der Waals surface area contributed by atoms with E-state index in [2.05, 4.69) is 29.1 Å². The smallest absolute Gasteiger partial charge is 0.316 e. The molecule has 4 heteroatoms. The normalized spacial score (nSPS) is 12.4. The number of hydrogen-bond acceptors (Lipinski definition) is 4. The average molecular weight is 265 g/mol. The average Bonchev–Trinajstić information content (AvgIpc) is 2.42.